The molecule has 4 rings (SSSR count). The van der Waals surface area contributed by atoms with Gasteiger partial charge in [0, 0.05) is 64.3 Å². The third-order valence-corrected chi connectivity index (χ3v) is 5.76. The molecule has 2 aliphatic rings. The predicted molar refractivity (Wildman–Crippen MR) is 126 cm³/mol. The minimum atomic E-state index is -0.0488. The number of halogens is 2. The number of aryl methyl sites for hydroxylation is 1. The van der Waals surface area contributed by atoms with E-state index in [4.69, 9.17) is 4.74 Å². The zero-order chi connectivity index (χ0) is 20.4. The van der Waals surface area contributed by atoms with Crippen LogP contribution in [-0.2, 0) is 18.3 Å². The van der Waals surface area contributed by atoms with Crippen LogP contribution in [0, 0.1) is 0 Å². The molecule has 1 aromatic heterocycles. The van der Waals surface area contributed by atoms with Gasteiger partial charge in [0.2, 0.25) is 0 Å². The molecule has 1 aromatic carbocycles. The molecule has 1 N–H and O–H groups in total. The molecule has 2 aliphatic heterocycles. The number of benzene rings is 1. The number of hydrogen-bond acceptors (Lipinski definition) is 5. The smallest absolute Gasteiger partial charge is 0.254 e. The largest absolute Gasteiger partial charge is 0.373 e. The second-order valence-corrected chi connectivity index (χ2v) is 8.26. The van der Waals surface area contributed by atoms with Gasteiger partial charge in [-0.3, -0.25) is 9.69 Å². The van der Waals surface area contributed by atoms with Gasteiger partial charge in [0.25, 0.3) is 5.91 Å². The molecule has 172 valence electrons. The first-order valence-corrected chi connectivity index (χ1v) is 10.5. The first kappa shape index (κ1) is 25.6. The van der Waals surface area contributed by atoms with Crippen molar-refractivity contribution in [1.29, 1.82) is 0 Å². The monoisotopic (exact) mass is 469 g/mol. The summed E-state index contributed by atoms with van der Waals surface area (Å²) < 4.78 is 7.81. The summed E-state index contributed by atoms with van der Waals surface area (Å²) in [6.45, 7) is 9.22. The molecule has 2 saturated heterocycles. The van der Waals surface area contributed by atoms with Gasteiger partial charge in [-0.1, -0.05) is 12.1 Å². The Bertz CT molecular complexity index is 835. The van der Waals surface area contributed by atoms with E-state index >= 15 is 0 Å². The topological polar surface area (TPSA) is 62.6 Å². The van der Waals surface area contributed by atoms with Gasteiger partial charge in [-0.25, -0.2) is 4.98 Å². The number of carbonyl (C=O) groups excluding carboxylic acids is 1. The van der Waals surface area contributed by atoms with Crippen molar-refractivity contribution in [2.45, 2.75) is 38.6 Å². The van der Waals surface area contributed by atoms with E-state index in [1.54, 1.807) is 6.20 Å². The summed E-state index contributed by atoms with van der Waals surface area (Å²) in [6.07, 6.45) is 4.23. The molecule has 0 radical (unpaired) electrons. The van der Waals surface area contributed by atoms with Crippen LogP contribution in [0.15, 0.2) is 36.7 Å². The van der Waals surface area contributed by atoms with Crippen molar-refractivity contribution in [2.24, 2.45) is 7.05 Å². The highest BCUT2D eigenvalue weighted by molar-refractivity contribution is 5.94. The molecule has 2 fully saturated rings. The van der Waals surface area contributed by atoms with Crippen molar-refractivity contribution in [1.82, 2.24) is 24.7 Å². The number of piperazine rings is 1. The Kier molecular flexibility index (Phi) is 9.33. The molecule has 31 heavy (non-hydrogen) atoms. The molecule has 0 bridgehead atoms. The van der Waals surface area contributed by atoms with E-state index in [1.165, 1.54) is 5.56 Å². The second kappa shape index (κ2) is 11.3. The summed E-state index contributed by atoms with van der Waals surface area (Å²) in [6, 6.07) is 8.03. The number of rotatable bonds is 4. The van der Waals surface area contributed by atoms with Crippen LogP contribution >= 0.6 is 24.8 Å². The van der Waals surface area contributed by atoms with E-state index in [0.29, 0.717) is 6.54 Å². The Morgan fingerprint density at radius 1 is 1.16 bits per heavy atom. The number of imidazole rings is 1. The van der Waals surface area contributed by atoms with Crippen molar-refractivity contribution in [3.8, 4) is 0 Å². The Morgan fingerprint density at radius 2 is 1.84 bits per heavy atom. The van der Waals surface area contributed by atoms with Gasteiger partial charge in [0.15, 0.2) is 0 Å². The lowest BCUT2D eigenvalue weighted by atomic mass is 10.1. The molecular formula is C22H33Cl2N5O2. The Labute approximate surface area is 197 Å². The van der Waals surface area contributed by atoms with Crippen LogP contribution in [0.5, 0.6) is 0 Å². The molecule has 3 atom stereocenters. The van der Waals surface area contributed by atoms with Crippen LogP contribution in [-0.4, -0.2) is 70.2 Å². The average molecular weight is 470 g/mol. The van der Waals surface area contributed by atoms with Gasteiger partial charge in [-0.2, -0.15) is 0 Å². The standard InChI is InChI=1S/C22H31N5O2.2ClH/c1-16-13-26(14-17(2)29-16)15-18-4-6-19(7-5-18)22(28)27-11-8-23-12-20(27)21-24-9-10-25(21)3;;/h4-7,9-10,16-17,20,23H,8,11-15H2,1-3H3;2*1H. The molecule has 3 unspecified atom stereocenters. The fourth-order valence-electron chi connectivity index (χ4n) is 4.47. The Hall–Kier alpha value is -1.64. The molecular weight excluding hydrogens is 437 g/mol. The fourth-order valence-corrected chi connectivity index (χ4v) is 4.47. The van der Waals surface area contributed by atoms with E-state index < -0.39 is 0 Å². The van der Waals surface area contributed by atoms with E-state index in [-0.39, 0.29) is 49.0 Å². The van der Waals surface area contributed by atoms with Gasteiger partial charge in [0.05, 0.1) is 12.2 Å². The van der Waals surface area contributed by atoms with Gasteiger partial charge in [-0.15, -0.1) is 24.8 Å². The summed E-state index contributed by atoms with van der Waals surface area (Å²) in [7, 11) is 1.97. The fraction of sp³-hybridized carbons (Fsp3) is 0.545. The summed E-state index contributed by atoms with van der Waals surface area (Å²) in [5, 5.41) is 3.39. The summed E-state index contributed by atoms with van der Waals surface area (Å²) >= 11 is 0. The number of nitrogens with zero attached hydrogens (tertiary/aromatic N) is 4. The highest BCUT2D eigenvalue weighted by Gasteiger charge is 2.31. The molecule has 1 amide bonds. The van der Waals surface area contributed by atoms with Gasteiger partial charge >= 0.3 is 0 Å². The summed E-state index contributed by atoms with van der Waals surface area (Å²) in [4.78, 5) is 22.1. The molecule has 0 spiro atoms. The Morgan fingerprint density at radius 3 is 2.45 bits per heavy atom. The number of hydrogen-bond donors (Lipinski definition) is 1. The quantitative estimate of drug-likeness (QED) is 0.745. The molecule has 2 aromatic rings. The highest BCUT2D eigenvalue weighted by Crippen LogP contribution is 2.23. The maximum Gasteiger partial charge on any atom is 0.254 e. The lowest BCUT2D eigenvalue weighted by Crippen LogP contribution is -2.49. The van der Waals surface area contributed by atoms with Crippen molar-refractivity contribution in [3.05, 3.63) is 53.6 Å². The number of ether oxygens (including phenoxy) is 1. The van der Waals surface area contributed by atoms with Crippen molar-refractivity contribution < 1.29 is 9.53 Å². The molecule has 9 heteroatoms. The molecule has 7 nitrogen and oxygen atoms in total. The molecule has 0 saturated carbocycles. The van der Waals surface area contributed by atoms with Gasteiger partial charge in [-0.05, 0) is 31.5 Å². The number of nitrogens with one attached hydrogen (secondary N) is 1. The average Bonchev–Trinajstić information content (AvgIpc) is 3.13. The first-order chi connectivity index (χ1) is 14.0. The third kappa shape index (κ3) is 5.99. The lowest BCUT2D eigenvalue weighted by Gasteiger charge is -2.36. The van der Waals surface area contributed by atoms with Crippen LogP contribution in [0.3, 0.4) is 0 Å². The minimum Gasteiger partial charge on any atom is -0.373 e. The van der Waals surface area contributed by atoms with Crippen LogP contribution in [0.25, 0.3) is 0 Å². The number of aromatic nitrogens is 2. The predicted octanol–water partition coefficient (Wildman–Crippen LogP) is 2.66. The lowest BCUT2D eigenvalue weighted by molar-refractivity contribution is -0.0704. The van der Waals surface area contributed by atoms with Crippen LogP contribution in [0.1, 0.15) is 41.6 Å². The third-order valence-electron chi connectivity index (χ3n) is 5.76. The zero-order valence-corrected chi connectivity index (χ0v) is 20.0. The maximum absolute atomic E-state index is 13.2. The number of carbonyl (C=O) groups is 1. The molecule has 0 aliphatic carbocycles. The van der Waals surface area contributed by atoms with Gasteiger partial charge in [0.1, 0.15) is 11.9 Å². The minimum absolute atomic E-state index is 0. The second-order valence-electron chi connectivity index (χ2n) is 8.26. The maximum atomic E-state index is 13.2. The first-order valence-electron chi connectivity index (χ1n) is 10.5. The van der Waals surface area contributed by atoms with E-state index in [9.17, 15) is 4.79 Å². The van der Waals surface area contributed by atoms with Crippen LogP contribution in [0.2, 0.25) is 0 Å². The van der Waals surface area contributed by atoms with Crippen molar-refractivity contribution >= 4 is 30.7 Å². The molecule has 3 heterocycles. The highest BCUT2D eigenvalue weighted by atomic mass is 35.5. The SMILES string of the molecule is CC1CN(Cc2ccc(C(=O)N3CCNCC3c3nccn3C)cc2)CC(C)O1.Cl.Cl. The zero-order valence-electron chi connectivity index (χ0n) is 18.4. The summed E-state index contributed by atoms with van der Waals surface area (Å²) in [5.74, 6) is 0.984. The number of amides is 1. The van der Waals surface area contributed by atoms with Gasteiger partial charge < -0.3 is 19.5 Å². The van der Waals surface area contributed by atoms with Crippen LogP contribution in [0.4, 0.5) is 0 Å². The van der Waals surface area contributed by atoms with Crippen molar-refractivity contribution in [2.75, 3.05) is 32.7 Å². The normalized spacial score (nSPS) is 24.2. The Balaban J connectivity index is 0.00000171. The van der Waals surface area contributed by atoms with Crippen molar-refractivity contribution in [3.63, 3.8) is 0 Å². The number of morpholine rings is 1. The van der Waals surface area contributed by atoms with E-state index in [1.807, 2.05) is 34.8 Å². The summed E-state index contributed by atoms with van der Waals surface area (Å²) in [5.41, 5.74) is 1.96. The van der Waals surface area contributed by atoms with E-state index in [2.05, 4.69) is 41.2 Å². The van der Waals surface area contributed by atoms with E-state index in [0.717, 1.165) is 44.1 Å². The van der Waals surface area contributed by atoms with Crippen LogP contribution < -0.4 is 5.32 Å².